The van der Waals surface area contributed by atoms with Gasteiger partial charge in [-0.05, 0) is 43.1 Å². The second-order valence-electron chi connectivity index (χ2n) is 6.38. The van der Waals surface area contributed by atoms with Crippen molar-refractivity contribution >= 4 is 34.3 Å². The molecule has 24 heavy (non-hydrogen) atoms. The molecule has 3 rings (SSSR count). The minimum absolute atomic E-state index is 0.168. The van der Waals surface area contributed by atoms with Gasteiger partial charge in [-0.2, -0.15) is 0 Å². The van der Waals surface area contributed by atoms with Crippen LogP contribution in [-0.4, -0.2) is 26.6 Å². The van der Waals surface area contributed by atoms with Crippen molar-refractivity contribution in [2.45, 2.75) is 45.2 Å². The van der Waals surface area contributed by atoms with Gasteiger partial charge in [0.05, 0.1) is 17.4 Å². The molecule has 0 bridgehead atoms. The zero-order valence-electron chi connectivity index (χ0n) is 13.8. The summed E-state index contributed by atoms with van der Waals surface area (Å²) in [6.45, 7) is 2.43. The highest BCUT2D eigenvalue weighted by Gasteiger charge is 2.21. The molecule has 7 heteroatoms. The third-order valence-electron chi connectivity index (χ3n) is 4.58. The zero-order chi connectivity index (χ0) is 16.9. The lowest BCUT2D eigenvalue weighted by atomic mass is 9.86. The van der Waals surface area contributed by atoms with E-state index in [0.717, 1.165) is 17.5 Å². The number of nitrogens with zero attached hydrogens (tertiary/aromatic N) is 2. The number of hydrogen-bond acceptors (Lipinski definition) is 3. The monoisotopic (exact) mass is 345 g/mol. The van der Waals surface area contributed by atoms with Gasteiger partial charge in [0.2, 0.25) is 0 Å². The van der Waals surface area contributed by atoms with Gasteiger partial charge in [-0.3, -0.25) is 15.6 Å². The number of benzene rings is 1. The van der Waals surface area contributed by atoms with Crippen LogP contribution in [0.25, 0.3) is 11.0 Å². The first-order valence-electron chi connectivity index (χ1n) is 8.38. The van der Waals surface area contributed by atoms with Crippen LogP contribution >= 0.6 is 12.2 Å². The predicted octanol–water partition coefficient (Wildman–Crippen LogP) is 2.11. The number of carbonyl (C=O) groups is 1. The predicted molar refractivity (Wildman–Crippen MR) is 98.2 cm³/mol. The maximum Gasteiger partial charge on any atom is 0.258 e. The van der Waals surface area contributed by atoms with Crippen molar-refractivity contribution in [1.82, 2.24) is 25.7 Å². The summed E-state index contributed by atoms with van der Waals surface area (Å²) in [6.07, 6.45) is 6.53. The number of thiocarbonyl (C=S) groups is 1. The van der Waals surface area contributed by atoms with E-state index in [1.54, 1.807) is 6.33 Å². The van der Waals surface area contributed by atoms with Gasteiger partial charge in [0.15, 0.2) is 5.11 Å². The number of hydrogen-bond donors (Lipinski definition) is 3. The summed E-state index contributed by atoms with van der Waals surface area (Å²) in [7, 11) is 0. The summed E-state index contributed by atoms with van der Waals surface area (Å²) < 4.78 is 1.81. The smallest absolute Gasteiger partial charge is 0.258 e. The summed E-state index contributed by atoms with van der Waals surface area (Å²) in [6, 6.07) is 8.11. The van der Waals surface area contributed by atoms with E-state index in [1.165, 1.54) is 19.3 Å². The molecule has 0 spiro atoms. The van der Waals surface area contributed by atoms with E-state index in [9.17, 15) is 4.79 Å². The Morgan fingerprint density at radius 2 is 2.08 bits per heavy atom. The largest absolute Gasteiger partial charge is 0.358 e. The second-order valence-corrected chi connectivity index (χ2v) is 6.78. The molecule has 1 aromatic carbocycles. The molecule has 2 atom stereocenters. The molecule has 1 aromatic heterocycles. The van der Waals surface area contributed by atoms with Gasteiger partial charge in [-0.15, -0.1) is 0 Å². The Labute approximate surface area is 147 Å². The molecule has 6 nitrogen and oxygen atoms in total. The van der Waals surface area contributed by atoms with Crippen molar-refractivity contribution in [2.75, 3.05) is 0 Å². The second kappa shape index (κ2) is 7.61. The summed E-state index contributed by atoms with van der Waals surface area (Å²) in [5.41, 5.74) is 7.26. The van der Waals surface area contributed by atoms with Gasteiger partial charge in [-0.25, -0.2) is 4.98 Å². The molecule has 0 radical (unpaired) electrons. The van der Waals surface area contributed by atoms with E-state index in [2.05, 4.69) is 28.1 Å². The molecule has 0 aliphatic heterocycles. The summed E-state index contributed by atoms with van der Waals surface area (Å²) in [5, 5.41) is 3.77. The Bertz CT molecular complexity index is 729. The third-order valence-corrected chi connectivity index (χ3v) is 4.80. The minimum atomic E-state index is -0.168. The van der Waals surface area contributed by atoms with E-state index in [0.29, 0.717) is 17.1 Å². The molecular weight excluding hydrogens is 322 g/mol. The third kappa shape index (κ3) is 4.03. The fraction of sp³-hybridized carbons (Fsp3) is 0.471. The van der Waals surface area contributed by atoms with Crippen molar-refractivity contribution in [1.29, 1.82) is 0 Å². The highest BCUT2D eigenvalue weighted by atomic mass is 32.1. The molecule has 1 amide bonds. The molecular formula is C17H23N5OS. The molecule has 1 fully saturated rings. The van der Waals surface area contributed by atoms with E-state index in [4.69, 9.17) is 12.2 Å². The van der Waals surface area contributed by atoms with E-state index in [1.807, 2.05) is 28.8 Å². The highest BCUT2D eigenvalue weighted by Crippen LogP contribution is 2.23. The highest BCUT2D eigenvalue weighted by molar-refractivity contribution is 7.80. The Kier molecular flexibility index (Phi) is 5.30. The van der Waals surface area contributed by atoms with Crippen LogP contribution in [0.1, 0.15) is 32.6 Å². The van der Waals surface area contributed by atoms with Crippen LogP contribution < -0.4 is 16.2 Å². The lowest BCUT2D eigenvalue weighted by Gasteiger charge is -2.30. The SMILES string of the molecule is CC1CCCCC1NC(=S)NNC(=O)Cn1cnc2ccccc21. The number of nitrogens with one attached hydrogen (secondary N) is 3. The summed E-state index contributed by atoms with van der Waals surface area (Å²) >= 11 is 5.28. The number of fused-ring (bicyclic) bond motifs is 1. The standard InChI is InChI=1S/C17H23N5OS/c1-12-6-2-3-7-13(12)19-17(24)21-20-16(23)10-22-11-18-14-8-4-5-9-15(14)22/h4-5,8-9,11-13H,2-3,6-7,10H2,1H3,(H,20,23)(H2,19,21,24). The average molecular weight is 345 g/mol. The molecule has 0 saturated heterocycles. The lowest BCUT2D eigenvalue weighted by molar-refractivity contribution is -0.122. The quantitative estimate of drug-likeness (QED) is 0.587. The van der Waals surface area contributed by atoms with Crippen LogP contribution in [0, 0.1) is 5.92 Å². The Morgan fingerprint density at radius 3 is 2.92 bits per heavy atom. The molecule has 128 valence electrons. The first-order valence-corrected chi connectivity index (χ1v) is 8.79. The van der Waals surface area contributed by atoms with Gasteiger partial charge < -0.3 is 9.88 Å². The fourth-order valence-corrected chi connectivity index (χ4v) is 3.39. The van der Waals surface area contributed by atoms with E-state index >= 15 is 0 Å². The van der Waals surface area contributed by atoms with Crippen molar-refractivity contribution < 1.29 is 4.79 Å². The van der Waals surface area contributed by atoms with E-state index in [-0.39, 0.29) is 12.5 Å². The first kappa shape index (κ1) is 16.7. The molecule has 1 aliphatic carbocycles. The van der Waals surface area contributed by atoms with Crippen molar-refractivity contribution in [2.24, 2.45) is 5.92 Å². The number of hydrazine groups is 1. The molecule has 1 heterocycles. The molecule has 3 N–H and O–H groups in total. The van der Waals surface area contributed by atoms with Gasteiger partial charge in [0, 0.05) is 6.04 Å². The molecule has 1 aliphatic rings. The average Bonchev–Trinajstić information content (AvgIpc) is 2.98. The topological polar surface area (TPSA) is 71.0 Å². The number of imidazole rings is 1. The van der Waals surface area contributed by atoms with Crippen LogP contribution in [0.3, 0.4) is 0 Å². The van der Waals surface area contributed by atoms with Crippen molar-refractivity contribution in [3.8, 4) is 0 Å². The Morgan fingerprint density at radius 1 is 1.29 bits per heavy atom. The normalized spacial score (nSPS) is 20.5. The number of carbonyl (C=O) groups excluding carboxylic acids is 1. The summed E-state index contributed by atoms with van der Waals surface area (Å²) in [4.78, 5) is 16.4. The molecule has 1 saturated carbocycles. The minimum Gasteiger partial charge on any atom is -0.358 e. The lowest BCUT2D eigenvalue weighted by Crippen LogP contribution is -2.52. The van der Waals surface area contributed by atoms with Crippen molar-refractivity contribution in [3.05, 3.63) is 30.6 Å². The van der Waals surface area contributed by atoms with Gasteiger partial charge in [0.1, 0.15) is 6.54 Å². The first-order chi connectivity index (χ1) is 11.6. The van der Waals surface area contributed by atoms with Crippen LogP contribution in [0.15, 0.2) is 30.6 Å². The number of rotatable bonds is 3. The van der Waals surface area contributed by atoms with Gasteiger partial charge in [-0.1, -0.05) is 31.9 Å². The van der Waals surface area contributed by atoms with Crippen LogP contribution in [0.2, 0.25) is 0 Å². The molecule has 2 aromatic rings. The number of amides is 1. The Hall–Kier alpha value is -2.15. The number of para-hydroxylation sites is 2. The van der Waals surface area contributed by atoms with Gasteiger partial charge >= 0.3 is 0 Å². The van der Waals surface area contributed by atoms with Crippen LogP contribution in [0.5, 0.6) is 0 Å². The van der Waals surface area contributed by atoms with Gasteiger partial charge in [0.25, 0.3) is 5.91 Å². The maximum atomic E-state index is 12.1. The van der Waals surface area contributed by atoms with E-state index < -0.39 is 0 Å². The summed E-state index contributed by atoms with van der Waals surface area (Å²) in [5.74, 6) is 0.436. The van der Waals surface area contributed by atoms with Crippen LogP contribution in [-0.2, 0) is 11.3 Å². The zero-order valence-corrected chi connectivity index (χ0v) is 14.6. The maximum absolute atomic E-state index is 12.1. The fourth-order valence-electron chi connectivity index (χ4n) is 3.19. The Balaban J connectivity index is 1.47. The van der Waals surface area contributed by atoms with Crippen LogP contribution in [0.4, 0.5) is 0 Å². The van der Waals surface area contributed by atoms with Crippen molar-refractivity contribution in [3.63, 3.8) is 0 Å². The molecule has 2 unspecified atom stereocenters. The number of aromatic nitrogens is 2.